The van der Waals surface area contributed by atoms with Crippen LogP contribution in [0.3, 0.4) is 0 Å². The van der Waals surface area contributed by atoms with Crippen molar-refractivity contribution in [3.8, 4) is 11.4 Å². The first-order valence-corrected chi connectivity index (χ1v) is 6.82. The van der Waals surface area contributed by atoms with Gasteiger partial charge in [0.25, 0.3) is 0 Å². The van der Waals surface area contributed by atoms with Crippen molar-refractivity contribution in [3.05, 3.63) is 60.4 Å². The second-order valence-corrected chi connectivity index (χ2v) is 5.00. The predicted octanol–water partition coefficient (Wildman–Crippen LogP) is 3.14. The molecule has 0 spiro atoms. The van der Waals surface area contributed by atoms with E-state index in [0.29, 0.717) is 16.5 Å². The van der Waals surface area contributed by atoms with Crippen LogP contribution < -0.4 is 0 Å². The molecule has 0 unspecified atom stereocenters. The van der Waals surface area contributed by atoms with Gasteiger partial charge in [0.2, 0.25) is 5.82 Å². The summed E-state index contributed by atoms with van der Waals surface area (Å²) in [5.74, 6) is -0.916. The molecule has 2 aromatic carbocycles. The second kappa shape index (κ2) is 5.57. The summed E-state index contributed by atoms with van der Waals surface area (Å²) >= 11 is 0. The minimum Gasteiger partial charge on any atom is -0.412 e. The molecule has 0 bridgehead atoms. The van der Waals surface area contributed by atoms with Gasteiger partial charge < -0.3 is 5.48 Å². The summed E-state index contributed by atoms with van der Waals surface area (Å²) in [6.07, 6.45) is -4.62. The highest BCUT2D eigenvalue weighted by Gasteiger charge is 2.38. The van der Waals surface area contributed by atoms with Crippen LogP contribution in [0.2, 0.25) is 0 Å². The molecule has 24 heavy (non-hydrogen) atoms. The van der Waals surface area contributed by atoms with Crippen LogP contribution in [0.25, 0.3) is 27.9 Å². The molecule has 5 nitrogen and oxygen atoms in total. The van der Waals surface area contributed by atoms with Gasteiger partial charge in [-0.15, -0.1) is 10.2 Å². The molecule has 122 valence electrons. The summed E-state index contributed by atoms with van der Waals surface area (Å²) in [6, 6.07) is 15.6. The quantitative estimate of drug-likeness (QED) is 0.537. The van der Waals surface area contributed by atoms with Crippen molar-refractivity contribution < 1.29 is 18.6 Å². The van der Waals surface area contributed by atoms with Gasteiger partial charge in [0.05, 0.1) is 5.52 Å². The van der Waals surface area contributed by atoms with Crippen LogP contribution in [0.4, 0.5) is 13.2 Å². The van der Waals surface area contributed by atoms with E-state index < -0.39 is 12.0 Å². The first-order chi connectivity index (χ1) is 11.1. The lowest BCUT2D eigenvalue weighted by Crippen LogP contribution is -2.13. The first kappa shape index (κ1) is 15.9. The fourth-order valence-corrected chi connectivity index (χ4v) is 2.55. The lowest BCUT2D eigenvalue weighted by molar-refractivity contribution is -0.145. The Kier molecular flexibility index (Phi) is 3.69. The third-order valence-corrected chi connectivity index (χ3v) is 3.53. The van der Waals surface area contributed by atoms with Crippen LogP contribution in [-0.4, -0.2) is 25.1 Å². The molecule has 0 amide bonds. The summed E-state index contributed by atoms with van der Waals surface area (Å²) in [7, 11) is 0. The fraction of sp³-hybridized carbons (Fsp3) is 0.0625. The van der Waals surface area contributed by atoms with Crippen molar-refractivity contribution in [1.82, 2.24) is 19.6 Å². The average Bonchev–Trinajstić information content (AvgIpc) is 3.00. The standard InChI is InChI=1S/C16H9F3N4.H2O/c17-16(18,19)15-22-21-14-11-8-4-5-9-12(11)20-13(23(14)15)10-6-2-1-3-7-10;/h1-9H;1H2. The van der Waals surface area contributed by atoms with Crippen molar-refractivity contribution in [1.29, 1.82) is 0 Å². The lowest BCUT2D eigenvalue weighted by Gasteiger charge is -2.10. The molecule has 0 aliphatic heterocycles. The van der Waals surface area contributed by atoms with Crippen molar-refractivity contribution >= 4 is 16.6 Å². The SMILES string of the molecule is FC(F)(F)c1nnc2c3ccccc3nc(-c3ccccc3)n12.O. The van der Waals surface area contributed by atoms with Gasteiger partial charge in [0.15, 0.2) is 5.65 Å². The molecule has 4 aromatic rings. The van der Waals surface area contributed by atoms with Gasteiger partial charge in [-0.1, -0.05) is 42.5 Å². The van der Waals surface area contributed by atoms with Gasteiger partial charge in [-0.25, -0.2) is 4.98 Å². The normalized spacial score (nSPS) is 11.6. The van der Waals surface area contributed by atoms with Crippen LogP contribution in [0.15, 0.2) is 54.6 Å². The average molecular weight is 332 g/mol. The number of hydrogen-bond donors (Lipinski definition) is 0. The number of para-hydroxylation sites is 1. The van der Waals surface area contributed by atoms with E-state index in [1.165, 1.54) is 0 Å². The third-order valence-electron chi connectivity index (χ3n) is 3.53. The largest absolute Gasteiger partial charge is 0.452 e. The molecule has 4 rings (SSSR count). The highest BCUT2D eigenvalue weighted by molar-refractivity contribution is 5.92. The van der Waals surface area contributed by atoms with Crippen molar-refractivity contribution in [2.24, 2.45) is 0 Å². The maximum absolute atomic E-state index is 13.3. The molecule has 0 aliphatic rings. The van der Waals surface area contributed by atoms with E-state index in [1.54, 1.807) is 54.6 Å². The second-order valence-electron chi connectivity index (χ2n) is 5.00. The zero-order valence-corrected chi connectivity index (χ0v) is 12.1. The Hall–Kier alpha value is -3.00. The van der Waals surface area contributed by atoms with E-state index in [0.717, 1.165) is 4.40 Å². The van der Waals surface area contributed by atoms with E-state index in [4.69, 9.17) is 0 Å². The zero-order valence-electron chi connectivity index (χ0n) is 12.1. The Balaban J connectivity index is 0.00000169. The fourth-order valence-electron chi connectivity index (χ4n) is 2.55. The Morgan fingerprint density at radius 2 is 1.50 bits per heavy atom. The lowest BCUT2D eigenvalue weighted by atomic mass is 10.2. The summed E-state index contributed by atoms with van der Waals surface area (Å²) in [5, 5.41) is 7.63. The molecule has 0 radical (unpaired) electrons. The third kappa shape index (κ3) is 2.37. The van der Waals surface area contributed by atoms with Gasteiger partial charge in [0, 0.05) is 10.9 Å². The van der Waals surface area contributed by atoms with E-state index in [-0.39, 0.29) is 16.9 Å². The van der Waals surface area contributed by atoms with E-state index in [9.17, 15) is 13.2 Å². The summed E-state index contributed by atoms with van der Waals surface area (Å²) in [6.45, 7) is 0. The molecule has 0 saturated carbocycles. The van der Waals surface area contributed by atoms with Gasteiger partial charge in [-0.2, -0.15) is 13.2 Å². The smallest absolute Gasteiger partial charge is 0.412 e. The number of benzene rings is 2. The number of hydrogen-bond acceptors (Lipinski definition) is 3. The molecule has 0 fully saturated rings. The van der Waals surface area contributed by atoms with E-state index in [1.807, 2.05) is 0 Å². The summed E-state index contributed by atoms with van der Waals surface area (Å²) in [5.41, 5.74) is 1.27. The topological polar surface area (TPSA) is 74.6 Å². The number of alkyl halides is 3. The van der Waals surface area contributed by atoms with Crippen molar-refractivity contribution in [2.75, 3.05) is 0 Å². The molecule has 2 heterocycles. The number of nitrogens with zero attached hydrogens (tertiary/aromatic N) is 4. The highest BCUT2D eigenvalue weighted by atomic mass is 19.4. The van der Waals surface area contributed by atoms with Gasteiger partial charge in [0.1, 0.15) is 5.82 Å². The van der Waals surface area contributed by atoms with E-state index >= 15 is 0 Å². The monoisotopic (exact) mass is 332 g/mol. The maximum atomic E-state index is 13.3. The van der Waals surface area contributed by atoms with Crippen LogP contribution in [0.1, 0.15) is 5.82 Å². The van der Waals surface area contributed by atoms with Crippen LogP contribution in [0, 0.1) is 0 Å². The van der Waals surface area contributed by atoms with Crippen molar-refractivity contribution in [3.63, 3.8) is 0 Å². The Labute approximate surface area is 133 Å². The molecular weight excluding hydrogens is 321 g/mol. The molecule has 2 N–H and O–H groups in total. The minimum atomic E-state index is -4.62. The minimum absolute atomic E-state index is 0. The maximum Gasteiger partial charge on any atom is 0.452 e. The number of halogens is 3. The Morgan fingerprint density at radius 1 is 0.833 bits per heavy atom. The van der Waals surface area contributed by atoms with Gasteiger partial charge in [-0.3, -0.25) is 4.40 Å². The molecule has 8 heteroatoms. The predicted molar refractivity (Wildman–Crippen MR) is 82.3 cm³/mol. The van der Waals surface area contributed by atoms with Crippen LogP contribution in [0.5, 0.6) is 0 Å². The van der Waals surface area contributed by atoms with E-state index in [2.05, 4.69) is 15.2 Å². The molecule has 0 aliphatic carbocycles. The van der Waals surface area contributed by atoms with Gasteiger partial charge in [-0.05, 0) is 12.1 Å². The molecule has 0 atom stereocenters. The number of rotatable bonds is 1. The van der Waals surface area contributed by atoms with Crippen molar-refractivity contribution in [2.45, 2.75) is 6.18 Å². The van der Waals surface area contributed by atoms with Crippen LogP contribution in [-0.2, 0) is 6.18 Å². The van der Waals surface area contributed by atoms with Gasteiger partial charge >= 0.3 is 6.18 Å². The Bertz CT molecular complexity index is 1010. The summed E-state index contributed by atoms with van der Waals surface area (Å²) in [4.78, 5) is 4.40. The Morgan fingerprint density at radius 3 is 2.21 bits per heavy atom. The highest BCUT2D eigenvalue weighted by Crippen LogP contribution is 2.32. The molecular formula is C16H11F3N4O. The number of fused-ring (bicyclic) bond motifs is 3. The van der Waals surface area contributed by atoms with Crippen LogP contribution >= 0.6 is 0 Å². The summed E-state index contributed by atoms with van der Waals surface area (Å²) < 4.78 is 40.9. The zero-order chi connectivity index (χ0) is 16.0. The molecule has 0 saturated heterocycles. The molecule has 2 aromatic heterocycles. The first-order valence-electron chi connectivity index (χ1n) is 6.82. The number of aromatic nitrogens is 4.